The normalized spacial score (nSPS) is 20.1. The van der Waals surface area contributed by atoms with E-state index >= 15 is 0 Å². The van der Waals surface area contributed by atoms with Crippen LogP contribution in [0.4, 0.5) is 5.82 Å². The molecule has 1 aromatic heterocycles. The fourth-order valence-electron chi connectivity index (χ4n) is 2.13. The minimum Gasteiger partial charge on any atom is -0.372 e. The smallest absolute Gasteiger partial charge is 0.274 e. The van der Waals surface area contributed by atoms with E-state index in [1.807, 2.05) is 4.90 Å². The van der Waals surface area contributed by atoms with E-state index in [0.717, 1.165) is 19.4 Å². The summed E-state index contributed by atoms with van der Waals surface area (Å²) in [5.41, 5.74) is 0.428. The fraction of sp³-hybridized carbons (Fsp3) is 0.583. The number of piperidine rings is 1. The van der Waals surface area contributed by atoms with Crippen LogP contribution in [0.15, 0.2) is 12.1 Å². The molecule has 1 aliphatic rings. The first-order valence-electron chi connectivity index (χ1n) is 6.05. The first-order valence-corrected chi connectivity index (χ1v) is 6.05. The molecule has 17 heavy (non-hydrogen) atoms. The maximum absolute atomic E-state index is 12.2. The molecule has 1 atom stereocenters. The average molecular weight is 234 g/mol. The van der Waals surface area contributed by atoms with Crippen molar-refractivity contribution in [3.8, 4) is 0 Å². The molecule has 0 bridgehead atoms. The maximum atomic E-state index is 12.2. The number of hydrogen-bond donors (Lipinski definition) is 1. The summed E-state index contributed by atoms with van der Waals surface area (Å²) >= 11 is 0. The zero-order chi connectivity index (χ0) is 12.3. The summed E-state index contributed by atoms with van der Waals surface area (Å²) in [4.78, 5) is 14.1. The number of rotatable bonds is 2. The Morgan fingerprint density at radius 2 is 2.24 bits per heavy atom. The molecule has 5 nitrogen and oxygen atoms in total. The molecule has 5 heteroatoms. The average Bonchev–Trinajstić information content (AvgIpc) is 2.39. The molecule has 92 valence electrons. The number of anilines is 1. The Bertz CT molecular complexity index is 390. The summed E-state index contributed by atoms with van der Waals surface area (Å²) in [7, 11) is 1.78. The lowest BCUT2D eigenvalue weighted by Crippen LogP contribution is -2.42. The number of aromatic nitrogens is 2. The highest BCUT2D eigenvalue weighted by molar-refractivity contribution is 5.92. The third-order valence-corrected chi connectivity index (χ3v) is 3.20. The van der Waals surface area contributed by atoms with Crippen molar-refractivity contribution in [1.82, 2.24) is 15.1 Å². The molecule has 1 saturated heterocycles. The van der Waals surface area contributed by atoms with Crippen LogP contribution >= 0.6 is 0 Å². The van der Waals surface area contributed by atoms with Crippen LogP contribution in [-0.4, -0.2) is 40.6 Å². The topological polar surface area (TPSA) is 58.1 Å². The van der Waals surface area contributed by atoms with Gasteiger partial charge in [0.25, 0.3) is 5.91 Å². The number of nitrogens with zero attached hydrogens (tertiary/aromatic N) is 3. The lowest BCUT2D eigenvalue weighted by Gasteiger charge is -2.33. The molecule has 0 saturated carbocycles. The zero-order valence-electron chi connectivity index (χ0n) is 10.3. The Hall–Kier alpha value is -1.65. The SMILES string of the molecule is CNc1ccc(C(=O)N2CCCCC2C)nn1. The van der Waals surface area contributed by atoms with Crippen LogP contribution in [0.25, 0.3) is 0 Å². The van der Waals surface area contributed by atoms with Gasteiger partial charge in [0.05, 0.1) is 0 Å². The van der Waals surface area contributed by atoms with Crippen molar-refractivity contribution in [3.63, 3.8) is 0 Å². The van der Waals surface area contributed by atoms with Gasteiger partial charge in [-0.3, -0.25) is 4.79 Å². The summed E-state index contributed by atoms with van der Waals surface area (Å²) < 4.78 is 0. The van der Waals surface area contributed by atoms with Gasteiger partial charge in [0, 0.05) is 19.6 Å². The van der Waals surface area contributed by atoms with Crippen LogP contribution in [0.1, 0.15) is 36.7 Å². The van der Waals surface area contributed by atoms with E-state index in [1.165, 1.54) is 6.42 Å². The van der Waals surface area contributed by atoms with E-state index in [9.17, 15) is 4.79 Å². The van der Waals surface area contributed by atoms with Crippen LogP contribution in [0, 0.1) is 0 Å². The fourth-order valence-corrected chi connectivity index (χ4v) is 2.13. The Kier molecular flexibility index (Phi) is 3.56. The molecular weight excluding hydrogens is 216 g/mol. The molecule has 0 spiro atoms. The maximum Gasteiger partial charge on any atom is 0.274 e. The number of carbonyl (C=O) groups is 1. The van der Waals surface area contributed by atoms with Crippen molar-refractivity contribution in [2.24, 2.45) is 0 Å². The van der Waals surface area contributed by atoms with E-state index in [-0.39, 0.29) is 5.91 Å². The van der Waals surface area contributed by atoms with Crippen molar-refractivity contribution in [2.75, 3.05) is 18.9 Å². The van der Waals surface area contributed by atoms with Crippen LogP contribution in [0.3, 0.4) is 0 Å². The van der Waals surface area contributed by atoms with E-state index in [0.29, 0.717) is 17.6 Å². The molecule has 0 radical (unpaired) electrons. The van der Waals surface area contributed by atoms with Gasteiger partial charge in [0.1, 0.15) is 5.82 Å². The summed E-state index contributed by atoms with van der Waals surface area (Å²) in [6, 6.07) is 3.80. The van der Waals surface area contributed by atoms with Crippen molar-refractivity contribution < 1.29 is 4.79 Å². The predicted molar refractivity (Wildman–Crippen MR) is 65.9 cm³/mol. The third kappa shape index (κ3) is 2.54. The molecule has 1 aliphatic heterocycles. The van der Waals surface area contributed by atoms with E-state index < -0.39 is 0 Å². The number of carbonyl (C=O) groups excluding carboxylic acids is 1. The molecule has 2 heterocycles. The number of likely N-dealkylation sites (tertiary alicyclic amines) is 1. The molecule has 0 aliphatic carbocycles. The number of amides is 1. The molecular formula is C12H18N4O. The number of nitrogens with one attached hydrogen (secondary N) is 1. The Labute approximate surface area is 101 Å². The van der Waals surface area contributed by atoms with Gasteiger partial charge in [-0.1, -0.05) is 0 Å². The summed E-state index contributed by atoms with van der Waals surface area (Å²) in [6.07, 6.45) is 3.36. The molecule has 2 rings (SSSR count). The quantitative estimate of drug-likeness (QED) is 0.843. The van der Waals surface area contributed by atoms with Crippen LogP contribution in [0.5, 0.6) is 0 Å². The predicted octanol–water partition coefficient (Wildman–Crippen LogP) is 1.53. The molecule has 1 unspecified atom stereocenters. The molecule has 1 amide bonds. The van der Waals surface area contributed by atoms with Crippen LogP contribution < -0.4 is 5.32 Å². The summed E-state index contributed by atoms with van der Waals surface area (Å²) in [5.74, 6) is 0.667. The molecule has 1 aromatic rings. The monoisotopic (exact) mass is 234 g/mol. The highest BCUT2D eigenvalue weighted by Gasteiger charge is 2.25. The second-order valence-electron chi connectivity index (χ2n) is 4.40. The van der Waals surface area contributed by atoms with E-state index in [2.05, 4.69) is 22.4 Å². The van der Waals surface area contributed by atoms with Gasteiger partial charge < -0.3 is 10.2 Å². The minimum atomic E-state index is -0.00708. The van der Waals surface area contributed by atoms with Crippen LogP contribution in [0.2, 0.25) is 0 Å². The highest BCUT2D eigenvalue weighted by Crippen LogP contribution is 2.18. The highest BCUT2D eigenvalue weighted by atomic mass is 16.2. The third-order valence-electron chi connectivity index (χ3n) is 3.20. The minimum absolute atomic E-state index is 0.00708. The van der Waals surface area contributed by atoms with Gasteiger partial charge in [0.15, 0.2) is 5.69 Å². The summed E-state index contributed by atoms with van der Waals surface area (Å²) in [6.45, 7) is 2.92. The van der Waals surface area contributed by atoms with Gasteiger partial charge in [0.2, 0.25) is 0 Å². The first kappa shape index (κ1) is 11.8. The van der Waals surface area contributed by atoms with Gasteiger partial charge in [-0.05, 0) is 38.3 Å². The van der Waals surface area contributed by atoms with E-state index in [1.54, 1.807) is 19.2 Å². The van der Waals surface area contributed by atoms with Crippen molar-refractivity contribution in [1.29, 1.82) is 0 Å². The van der Waals surface area contributed by atoms with Gasteiger partial charge in [-0.15, -0.1) is 10.2 Å². The largest absolute Gasteiger partial charge is 0.372 e. The zero-order valence-corrected chi connectivity index (χ0v) is 10.3. The first-order chi connectivity index (χ1) is 8.22. The molecule has 1 fully saturated rings. The molecule has 0 aromatic carbocycles. The van der Waals surface area contributed by atoms with Gasteiger partial charge >= 0.3 is 0 Å². The second-order valence-corrected chi connectivity index (χ2v) is 4.40. The second kappa shape index (κ2) is 5.12. The lowest BCUT2D eigenvalue weighted by atomic mass is 10.0. The Morgan fingerprint density at radius 1 is 1.41 bits per heavy atom. The van der Waals surface area contributed by atoms with Crippen molar-refractivity contribution in [3.05, 3.63) is 17.8 Å². The van der Waals surface area contributed by atoms with Crippen LogP contribution in [-0.2, 0) is 0 Å². The number of hydrogen-bond acceptors (Lipinski definition) is 4. The summed E-state index contributed by atoms with van der Waals surface area (Å²) in [5, 5.41) is 10.8. The lowest BCUT2D eigenvalue weighted by molar-refractivity contribution is 0.0628. The van der Waals surface area contributed by atoms with Gasteiger partial charge in [-0.2, -0.15) is 0 Å². The molecule has 1 N–H and O–H groups in total. The Balaban J connectivity index is 2.12. The standard InChI is InChI=1S/C12H18N4O/c1-9-5-3-4-8-16(9)12(17)10-6-7-11(13-2)15-14-10/h6-7,9H,3-5,8H2,1-2H3,(H,13,15). The Morgan fingerprint density at radius 3 is 2.82 bits per heavy atom. The van der Waals surface area contributed by atoms with E-state index in [4.69, 9.17) is 0 Å². The van der Waals surface area contributed by atoms with Crippen molar-refractivity contribution in [2.45, 2.75) is 32.2 Å². The van der Waals surface area contributed by atoms with Gasteiger partial charge in [-0.25, -0.2) is 0 Å². The van der Waals surface area contributed by atoms with Crippen molar-refractivity contribution >= 4 is 11.7 Å².